The first-order chi connectivity index (χ1) is 8.77. The zero-order valence-electron chi connectivity index (χ0n) is 11.1. The number of aliphatic hydroxyl groups is 1. The summed E-state index contributed by atoms with van der Waals surface area (Å²) in [7, 11) is 1.44. The van der Waals surface area contributed by atoms with Gasteiger partial charge in [0.1, 0.15) is 0 Å². The van der Waals surface area contributed by atoms with E-state index in [4.69, 9.17) is 9.84 Å². The summed E-state index contributed by atoms with van der Waals surface area (Å²) in [5.74, 6) is -0.829. The van der Waals surface area contributed by atoms with Gasteiger partial charge in [0, 0.05) is 11.5 Å². The average Bonchev–Trinajstić information content (AvgIpc) is 2.35. The molecule has 0 aliphatic carbocycles. The number of benzene rings is 1. The number of hydrogen-bond donors (Lipinski definition) is 3. The Bertz CT molecular complexity index is 491. The Morgan fingerprint density at radius 1 is 1.42 bits per heavy atom. The van der Waals surface area contributed by atoms with Crippen LogP contribution in [0, 0.1) is 5.41 Å². The zero-order chi connectivity index (χ0) is 14.6. The lowest BCUT2D eigenvalue weighted by molar-refractivity contribution is -0.131. The summed E-state index contributed by atoms with van der Waals surface area (Å²) in [5.41, 5.74) is -0.294. The van der Waals surface area contributed by atoms with E-state index in [0.29, 0.717) is 11.3 Å². The second-order valence-electron chi connectivity index (χ2n) is 4.83. The average molecular weight is 266 g/mol. The number of carboxylic acid groups (broad SMARTS) is 1. The molecule has 0 bridgehead atoms. The molecule has 0 saturated carbocycles. The predicted molar refractivity (Wildman–Crippen MR) is 70.2 cm³/mol. The summed E-state index contributed by atoms with van der Waals surface area (Å²) in [4.78, 5) is 10.5. The molecule has 0 heterocycles. The molecule has 1 atom stereocenters. The van der Waals surface area contributed by atoms with Crippen LogP contribution in [0.25, 0.3) is 0 Å². The van der Waals surface area contributed by atoms with E-state index in [1.807, 2.05) is 0 Å². The number of aliphatic carboxylic acids is 1. The Morgan fingerprint density at radius 3 is 2.53 bits per heavy atom. The van der Waals surface area contributed by atoms with E-state index in [0.717, 1.165) is 6.08 Å². The van der Waals surface area contributed by atoms with E-state index in [-0.39, 0.29) is 5.75 Å². The molecule has 0 aromatic heterocycles. The molecule has 104 valence electrons. The molecule has 3 N–H and O–H groups in total. The predicted octanol–water partition coefficient (Wildman–Crippen LogP) is 2.10. The van der Waals surface area contributed by atoms with Crippen LogP contribution in [0.2, 0.25) is 0 Å². The molecule has 0 radical (unpaired) electrons. The lowest BCUT2D eigenvalue weighted by Gasteiger charge is -2.27. The minimum Gasteiger partial charge on any atom is -0.504 e. The number of methoxy groups -OCH3 is 1. The van der Waals surface area contributed by atoms with Gasteiger partial charge < -0.3 is 20.1 Å². The maximum absolute atomic E-state index is 10.5. The summed E-state index contributed by atoms with van der Waals surface area (Å²) in [6.45, 7) is 3.41. The number of phenols is 1. The fourth-order valence-corrected chi connectivity index (χ4v) is 1.68. The third-order valence-corrected chi connectivity index (χ3v) is 2.88. The third kappa shape index (κ3) is 3.72. The fourth-order valence-electron chi connectivity index (χ4n) is 1.68. The van der Waals surface area contributed by atoms with Crippen LogP contribution >= 0.6 is 0 Å². The zero-order valence-corrected chi connectivity index (χ0v) is 11.1. The van der Waals surface area contributed by atoms with Crippen LogP contribution in [-0.2, 0) is 4.79 Å². The van der Waals surface area contributed by atoms with Gasteiger partial charge in [-0.2, -0.15) is 0 Å². The maximum Gasteiger partial charge on any atom is 0.327 e. The van der Waals surface area contributed by atoms with Gasteiger partial charge in [0.25, 0.3) is 0 Å². The molecule has 0 spiro atoms. The van der Waals surface area contributed by atoms with Gasteiger partial charge in [0.2, 0.25) is 0 Å². The molecule has 0 fully saturated rings. The first-order valence-corrected chi connectivity index (χ1v) is 5.75. The van der Waals surface area contributed by atoms with Crippen LogP contribution in [-0.4, -0.2) is 28.4 Å². The third-order valence-electron chi connectivity index (χ3n) is 2.88. The van der Waals surface area contributed by atoms with Crippen LogP contribution in [0.1, 0.15) is 25.5 Å². The Hall–Kier alpha value is -2.01. The lowest BCUT2D eigenvalue weighted by Crippen LogP contribution is -2.19. The van der Waals surface area contributed by atoms with Gasteiger partial charge in [-0.25, -0.2) is 4.79 Å². The fraction of sp³-hybridized carbons (Fsp3) is 0.357. The standard InChI is InChI=1S/C14H18O5/c1-14(2,7-6-12(16)17)13(18)9-4-5-11(19-3)10(15)8-9/h4-8,13,15,18H,1-3H3,(H,16,17)/b7-6+/t13-/m0/s1. The number of carboxylic acids is 1. The van der Waals surface area contributed by atoms with Gasteiger partial charge in [-0.3, -0.25) is 0 Å². The van der Waals surface area contributed by atoms with Gasteiger partial charge in [0.15, 0.2) is 11.5 Å². The molecule has 0 amide bonds. The monoisotopic (exact) mass is 266 g/mol. The van der Waals surface area contributed by atoms with E-state index in [2.05, 4.69) is 0 Å². The van der Waals surface area contributed by atoms with E-state index in [1.54, 1.807) is 26.0 Å². The van der Waals surface area contributed by atoms with Gasteiger partial charge in [0.05, 0.1) is 13.2 Å². The Morgan fingerprint density at radius 2 is 2.05 bits per heavy atom. The molecule has 0 saturated heterocycles. The van der Waals surface area contributed by atoms with E-state index < -0.39 is 17.5 Å². The summed E-state index contributed by atoms with van der Waals surface area (Å²) in [6, 6.07) is 4.57. The summed E-state index contributed by atoms with van der Waals surface area (Å²) < 4.78 is 4.92. The first kappa shape index (κ1) is 15.0. The normalized spacial score (nSPS) is 13.5. The van der Waals surface area contributed by atoms with E-state index >= 15 is 0 Å². The van der Waals surface area contributed by atoms with Crippen molar-refractivity contribution in [3.8, 4) is 11.5 Å². The number of carbonyl (C=O) groups is 1. The van der Waals surface area contributed by atoms with Crippen molar-refractivity contribution in [1.29, 1.82) is 0 Å². The molecule has 0 unspecified atom stereocenters. The van der Waals surface area contributed by atoms with Crippen LogP contribution < -0.4 is 4.74 Å². The van der Waals surface area contributed by atoms with Crippen molar-refractivity contribution in [3.05, 3.63) is 35.9 Å². The highest BCUT2D eigenvalue weighted by Crippen LogP contribution is 2.37. The highest BCUT2D eigenvalue weighted by atomic mass is 16.5. The van der Waals surface area contributed by atoms with Gasteiger partial charge in [-0.05, 0) is 17.7 Å². The Kier molecular flexibility index (Phi) is 4.56. The number of aromatic hydroxyl groups is 1. The number of aliphatic hydroxyl groups excluding tert-OH is 1. The number of phenolic OH excluding ortho intramolecular Hbond substituents is 1. The summed E-state index contributed by atoms with van der Waals surface area (Å²) in [6.07, 6.45) is 1.47. The van der Waals surface area contributed by atoms with Crippen molar-refractivity contribution in [1.82, 2.24) is 0 Å². The van der Waals surface area contributed by atoms with E-state index in [9.17, 15) is 15.0 Å². The summed E-state index contributed by atoms with van der Waals surface area (Å²) >= 11 is 0. The topological polar surface area (TPSA) is 87.0 Å². The van der Waals surface area contributed by atoms with Crippen molar-refractivity contribution in [2.45, 2.75) is 20.0 Å². The quantitative estimate of drug-likeness (QED) is 0.710. The minimum absolute atomic E-state index is 0.0722. The molecule has 19 heavy (non-hydrogen) atoms. The second-order valence-corrected chi connectivity index (χ2v) is 4.83. The Balaban J connectivity index is 3.02. The lowest BCUT2D eigenvalue weighted by atomic mass is 9.82. The molecule has 1 aromatic rings. The molecule has 0 aliphatic heterocycles. The van der Waals surface area contributed by atoms with Crippen LogP contribution in [0.5, 0.6) is 11.5 Å². The van der Waals surface area contributed by atoms with E-state index in [1.165, 1.54) is 19.3 Å². The molecule has 0 aliphatic rings. The molecule has 5 heteroatoms. The van der Waals surface area contributed by atoms with Crippen molar-refractivity contribution in [2.75, 3.05) is 7.11 Å². The molecule has 1 rings (SSSR count). The van der Waals surface area contributed by atoms with Crippen LogP contribution in [0.3, 0.4) is 0 Å². The highest BCUT2D eigenvalue weighted by Gasteiger charge is 2.27. The van der Waals surface area contributed by atoms with Gasteiger partial charge in [-0.15, -0.1) is 0 Å². The minimum atomic E-state index is -1.07. The number of rotatable bonds is 5. The second kappa shape index (κ2) is 5.75. The molecular weight excluding hydrogens is 248 g/mol. The molecule has 5 nitrogen and oxygen atoms in total. The highest BCUT2D eigenvalue weighted by molar-refractivity contribution is 5.79. The first-order valence-electron chi connectivity index (χ1n) is 5.75. The largest absolute Gasteiger partial charge is 0.504 e. The summed E-state index contributed by atoms with van der Waals surface area (Å²) in [5, 5.41) is 28.5. The van der Waals surface area contributed by atoms with Crippen LogP contribution in [0.15, 0.2) is 30.4 Å². The molecular formula is C14H18O5. The smallest absolute Gasteiger partial charge is 0.327 e. The van der Waals surface area contributed by atoms with Crippen LogP contribution in [0.4, 0.5) is 0 Å². The number of ether oxygens (including phenoxy) is 1. The van der Waals surface area contributed by atoms with Gasteiger partial charge >= 0.3 is 5.97 Å². The van der Waals surface area contributed by atoms with Crippen molar-refractivity contribution >= 4 is 5.97 Å². The Labute approximate surface area is 111 Å². The van der Waals surface area contributed by atoms with Crippen molar-refractivity contribution in [2.24, 2.45) is 5.41 Å². The maximum atomic E-state index is 10.5. The van der Waals surface area contributed by atoms with Crippen molar-refractivity contribution in [3.63, 3.8) is 0 Å². The SMILES string of the molecule is COc1ccc([C@H](O)C(C)(C)/C=C/C(=O)O)cc1O. The van der Waals surface area contributed by atoms with Gasteiger partial charge in [-0.1, -0.05) is 26.0 Å². The molecule has 1 aromatic carbocycles. The van der Waals surface area contributed by atoms with Crippen molar-refractivity contribution < 1.29 is 24.9 Å². The number of hydrogen-bond acceptors (Lipinski definition) is 4.